The molecular weight excluding hydrogens is 226 g/mol. The quantitative estimate of drug-likeness (QED) is 0.319. The van der Waals surface area contributed by atoms with Gasteiger partial charge in [0.2, 0.25) is 0 Å². The van der Waals surface area contributed by atoms with Crippen LogP contribution in [0.5, 0.6) is 0 Å². The zero-order valence-electron chi connectivity index (χ0n) is 5.89. The highest BCUT2D eigenvalue weighted by atomic mass is 35.7. The Balaban J connectivity index is 2.93. The van der Waals surface area contributed by atoms with Gasteiger partial charge in [-0.25, -0.2) is 22.9 Å². The molecule has 0 unspecified atom stereocenters. The first-order valence-corrected chi connectivity index (χ1v) is 5.14. The van der Waals surface area contributed by atoms with Gasteiger partial charge in [-0.15, -0.1) is 0 Å². The van der Waals surface area contributed by atoms with E-state index in [1.807, 2.05) is 0 Å². The van der Waals surface area contributed by atoms with Crippen LogP contribution in [0.4, 0.5) is 9.59 Å². The van der Waals surface area contributed by atoms with Crippen LogP contribution >= 0.6 is 10.7 Å². The van der Waals surface area contributed by atoms with Crippen molar-refractivity contribution in [2.75, 3.05) is 6.54 Å². The number of hydrogen-bond acceptors (Lipinski definition) is 6. The smallest absolute Gasteiger partial charge is 0.374 e. The first-order valence-electron chi connectivity index (χ1n) is 2.83. The Morgan fingerprint density at radius 2 is 2.00 bits per heavy atom. The van der Waals surface area contributed by atoms with Crippen molar-refractivity contribution in [1.82, 2.24) is 4.90 Å². The Bertz CT molecular complexity index is 385. The Morgan fingerprint density at radius 1 is 1.46 bits per heavy atom. The van der Waals surface area contributed by atoms with Gasteiger partial charge in [-0.1, -0.05) is 0 Å². The van der Waals surface area contributed by atoms with Gasteiger partial charge >= 0.3 is 26.4 Å². The molecular formula is C4H2ClNO6S. The minimum Gasteiger partial charge on any atom is -0.374 e. The second-order valence-corrected chi connectivity index (χ2v) is 4.47. The number of carbonyl (C=O) groups excluding carboxylic acids is 3. The number of esters is 1. The van der Waals surface area contributed by atoms with Crippen LogP contribution < -0.4 is 0 Å². The zero-order valence-corrected chi connectivity index (χ0v) is 7.46. The molecule has 0 spiro atoms. The second-order valence-electron chi connectivity index (χ2n) is 2.03. The largest absolute Gasteiger partial charge is 0.425 e. The number of hydrogen-bond donors (Lipinski definition) is 0. The molecule has 1 aliphatic rings. The maximum absolute atomic E-state index is 10.8. The number of cyclic esters (lactones) is 2. The summed E-state index contributed by atoms with van der Waals surface area (Å²) in [7, 11) is 0.102. The molecule has 1 aliphatic heterocycles. The van der Waals surface area contributed by atoms with E-state index < -0.39 is 32.9 Å². The molecule has 1 saturated heterocycles. The maximum Gasteiger partial charge on any atom is 0.425 e. The lowest BCUT2D eigenvalue weighted by Crippen LogP contribution is -2.34. The van der Waals surface area contributed by atoms with Crippen LogP contribution in [0.2, 0.25) is 0 Å². The van der Waals surface area contributed by atoms with E-state index in [0.717, 1.165) is 0 Å². The van der Waals surface area contributed by atoms with Gasteiger partial charge in [0.05, 0.1) is 0 Å². The van der Waals surface area contributed by atoms with Crippen molar-refractivity contribution in [2.45, 2.75) is 0 Å². The third-order valence-corrected chi connectivity index (χ3v) is 2.17. The monoisotopic (exact) mass is 227 g/mol. The van der Waals surface area contributed by atoms with Gasteiger partial charge in [-0.3, -0.25) is 4.79 Å². The van der Waals surface area contributed by atoms with E-state index in [9.17, 15) is 22.8 Å². The fraction of sp³-hybridized carbons (Fsp3) is 0.250. The van der Waals surface area contributed by atoms with Gasteiger partial charge in [0.25, 0.3) is 0 Å². The minimum absolute atomic E-state index is 0.102. The molecule has 1 fully saturated rings. The Labute approximate surface area is 76.6 Å². The highest BCUT2D eigenvalue weighted by molar-refractivity contribution is 8.25. The molecule has 0 saturated carbocycles. The summed E-state index contributed by atoms with van der Waals surface area (Å²) >= 11 is 0. The number of rotatable bonds is 0. The van der Waals surface area contributed by atoms with E-state index in [1.165, 1.54) is 0 Å². The van der Waals surface area contributed by atoms with Crippen molar-refractivity contribution < 1.29 is 27.5 Å². The number of halogens is 1. The Kier molecular flexibility index (Phi) is 2.26. The minimum atomic E-state index is -4.54. The lowest BCUT2D eigenvalue weighted by Gasteiger charge is -2.04. The summed E-state index contributed by atoms with van der Waals surface area (Å²) in [4.78, 5) is 31.9. The van der Waals surface area contributed by atoms with Crippen LogP contribution in [0.25, 0.3) is 0 Å². The summed E-state index contributed by atoms with van der Waals surface area (Å²) in [5.41, 5.74) is 0. The van der Waals surface area contributed by atoms with Gasteiger partial charge in [-0.2, -0.15) is 0 Å². The highest BCUT2D eigenvalue weighted by Crippen LogP contribution is 2.12. The number of amides is 2. The SMILES string of the molecule is O=C1CN(C(=O)S(=O)(=O)Cl)C(=O)O1. The molecule has 0 radical (unpaired) electrons. The molecule has 9 heteroatoms. The maximum atomic E-state index is 10.8. The van der Waals surface area contributed by atoms with Crippen molar-refractivity contribution in [2.24, 2.45) is 0 Å². The third-order valence-electron chi connectivity index (χ3n) is 1.14. The summed E-state index contributed by atoms with van der Waals surface area (Å²) in [6.45, 7) is -0.733. The molecule has 1 rings (SSSR count). The van der Waals surface area contributed by atoms with Crippen LogP contribution in [0.15, 0.2) is 0 Å². The molecule has 0 atom stereocenters. The van der Waals surface area contributed by atoms with Crippen LogP contribution in [0.1, 0.15) is 0 Å². The third kappa shape index (κ3) is 1.95. The predicted octanol–water partition coefficient (Wildman–Crippen LogP) is -0.346. The molecule has 72 valence electrons. The Morgan fingerprint density at radius 3 is 2.31 bits per heavy atom. The van der Waals surface area contributed by atoms with E-state index in [-0.39, 0.29) is 4.90 Å². The second kappa shape index (κ2) is 2.96. The van der Waals surface area contributed by atoms with Crippen molar-refractivity contribution in [1.29, 1.82) is 0 Å². The molecule has 13 heavy (non-hydrogen) atoms. The van der Waals surface area contributed by atoms with Crippen molar-refractivity contribution in [3.8, 4) is 0 Å². The summed E-state index contributed by atoms with van der Waals surface area (Å²) in [6.07, 6.45) is -1.33. The first kappa shape index (κ1) is 9.93. The lowest BCUT2D eigenvalue weighted by molar-refractivity contribution is -0.132. The zero-order chi connectivity index (χ0) is 10.2. The fourth-order valence-electron chi connectivity index (χ4n) is 0.649. The van der Waals surface area contributed by atoms with Crippen molar-refractivity contribution in [3.05, 3.63) is 0 Å². The van der Waals surface area contributed by atoms with Crippen LogP contribution in [-0.4, -0.2) is 37.2 Å². The van der Waals surface area contributed by atoms with Crippen molar-refractivity contribution >= 4 is 37.0 Å². The van der Waals surface area contributed by atoms with Gasteiger partial charge < -0.3 is 4.74 Å². The Hall–Kier alpha value is -1.15. The van der Waals surface area contributed by atoms with E-state index in [2.05, 4.69) is 15.4 Å². The van der Waals surface area contributed by atoms with E-state index in [0.29, 0.717) is 0 Å². The normalized spacial score (nSPS) is 17.5. The molecule has 0 aromatic carbocycles. The van der Waals surface area contributed by atoms with E-state index >= 15 is 0 Å². The fourth-order valence-corrected chi connectivity index (χ4v) is 1.30. The predicted molar refractivity (Wildman–Crippen MR) is 38.4 cm³/mol. The van der Waals surface area contributed by atoms with Crippen LogP contribution in [-0.2, 0) is 18.6 Å². The molecule has 7 nitrogen and oxygen atoms in total. The summed E-state index contributed by atoms with van der Waals surface area (Å²) in [5.74, 6) is -1.00. The molecule has 0 aromatic rings. The highest BCUT2D eigenvalue weighted by Gasteiger charge is 2.40. The first-order chi connectivity index (χ1) is 5.82. The molecule has 0 bridgehead atoms. The topological polar surface area (TPSA) is 97.8 Å². The molecule has 2 amide bonds. The van der Waals surface area contributed by atoms with Gasteiger partial charge in [0.1, 0.15) is 6.54 Å². The number of carbonyl (C=O) groups is 3. The van der Waals surface area contributed by atoms with Gasteiger partial charge in [-0.05, 0) is 0 Å². The number of nitrogens with zero attached hydrogens (tertiary/aromatic N) is 1. The average Bonchev–Trinajstić information content (AvgIpc) is 2.26. The molecule has 0 aliphatic carbocycles. The lowest BCUT2D eigenvalue weighted by atomic mass is 10.6. The summed E-state index contributed by atoms with van der Waals surface area (Å²) in [5, 5.41) is -1.66. The van der Waals surface area contributed by atoms with Gasteiger partial charge in [0.15, 0.2) is 0 Å². The molecule has 0 N–H and O–H groups in total. The van der Waals surface area contributed by atoms with Crippen molar-refractivity contribution in [3.63, 3.8) is 0 Å². The summed E-state index contributed by atoms with van der Waals surface area (Å²) < 4.78 is 24.7. The van der Waals surface area contributed by atoms with Crippen LogP contribution in [0, 0.1) is 0 Å². The number of imide groups is 1. The molecule has 0 aromatic heterocycles. The molecule has 1 heterocycles. The van der Waals surface area contributed by atoms with E-state index in [4.69, 9.17) is 0 Å². The number of ether oxygens (including phenoxy) is 1. The van der Waals surface area contributed by atoms with Crippen LogP contribution in [0.3, 0.4) is 0 Å². The van der Waals surface area contributed by atoms with Gasteiger partial charge in [0, 0.05) is 10.7 Å². The average molecular weight is 228 g/mol. The summed E-state index contributed by atoms with van der Waals surface area (Å²) in [6, 6.07) is 0. The standard InChI is InChI=1S/C4H2ClNO6S/c5-13(10,11)4(9)6-1-2(7)12-3(6)8/h1H2. The van der Waals surface area contributed by atoms with E-state index in [1.54, 1.807) is 0 Å².